The van der Waals surface area contributed by atoms with Gasteiger partial charge in [0.25, 0.3) is 11.8 Å². The lowest BCUT2D eigenvalue weighted by atomic mass is 10.1. The van der Waals surface area contributed by atoms with E-state index in [0.29, 0.717) is 17.8 Å². The van der Waals surface area contributed by atoms with Gasteiger partial charge in [-0.25, -0.2) is 9.29 Å². The Labute approximate surface area is 179 Å². The number of amides is 4. The number of anilines is 2. The third-order valence-electron chi connectivity index (χ3n) is 5.31. The minimum absolute atomic E-state index is 0.138. The van der Waals surface area contributed by atoms with Crippen LogP contribution in [0.2, 0.25) is 0 Å². The smallest absolute Gasteiger partial charge is 0.257 e. The van der Waals surface area contributed by atoms with Crippen LogP contribution in [0.25, 0.3) is 0 Å². The molecular weight excluding hydrogens is 401 g/mol. The summed E-state index contributed by atoms with van der Waals surface area (Å²) in [6.07, 6.45) is 0.348. The van der Waals surface area contributed by atoms with Crippen molar-refractivity contribution < 1.29 is 23.6 Å². The molecule has 2 unspecified atom stereocenters. The molecule has 7 nitrogen and oxygen atoms in total. The van der Waals surface area contributed by atoms with Crippen LogP contribution in [0.5, 0.6) is 0 Å². The fourth-order valence-corrected chi connectivity index (χ4v) is 3.62. The average molecular weight is 425 g/mol. The Morgan fingerprint density at radius 1 is 1.16 bits per heavy atom. The summed E-state index contributed by atoms with van der Waals surface area (Å²) >= 11 is 0. The number of hydrogen-bond donors (Lipinski definition) is 1. The lowest BCUT2D eigenvalue weighted by Crippen LogP contribution is -2.50. The number of benzene rings is 2. The quantitative estimate of drug-likeness (QED) is 0.719. The summed E-state index contributed by atoms with van der Waals surface area (Å²) in [6.45, 7) is 5.00. The van der Waals surface area contributed by atoms with Crippen LogP contribution in [0.4, 0.5) is 15.8 Å². The van der Waals surface area contributed by atoms with Crippen molar-refractivity contribution in [3.63, 3.8) is 0 Å². The highest BCUT2D eigenvalue weighted by molar-refractivity contribution is 6.23. The van der Waals surface area contributed by atoms with E-state index in [4.69, 9.17) is 0 Å². The van der Waals surface area contributed by atoms with Crippen LogP contribution in [0, 0.1) is 5.82 Å². The topological polar surface area (TPSA) is 86.8 Å². The monoisotopic (exact) mass is 425 g/mol. The second-order valence-corrected chi connectivity index (χ2v) is 7.46. The molecular formula is C23H24FN3O4. The van der Waals surface area contributed by atoms with Gasteiger partial charge in [0.05, 0.1) is 17.7 Å². The van der Waals surface area contributed by atoms with Crippen molar-refractivity contribution in [1.29, 1.82) is 0 Å². The normalized spacial score (nSPS) is 16.9. The molecule has 2 aromatic carbocycles. The van der Waals surface area contributed by atoms with Crippen LogP contribution in [-0.2, 0) is 14.4 Å². The fraction of sp³-hybridized carbons (Fsp3) is 0.304. The molecule has 1 heterocycles. The van der Waals surface area contributed by atoms with Crippen LogP contribution < -0.4 is 10.2 Å². The number of carbonyl (C=O) groups excluding carboxylic acids is 4. The molecule has 1 N–H and O–H groups in total. The predicted molar refractivity (Wildman–Crippen MR) is 114 cm³/mol. The molecule has 31 heavy (non-hydrogen) atoms. The second kappa shape index (κ2) is 9.07. The van der Waals surface area contributed by atoms with E-state index in [-0.39, 0.29) is 23.9 Å². The zero-order valence-electron chi connectivity index (χ0n) is 17.6. The summed E-state index contributed by atoms with van der Waals surface area (Å²) in [5.41, 5.74) is 0.734. The van der Waals surface area contributed by atoms with E-state index in [1.807, 2.05) is 6.92 Å². The summed E-state index contributed by atoms with van der Waals surface area (Å²) in [5, 5.41) is 2.62. The molecule has 0 saturated carbocycles. The largest absolute Gasteiger partial charge is 0.326 e. The zero-order chi connectivity index (χ0) is 22.7. The van der Waals surface area contributed by atoms with Gasteiger partial charge in [0.15, 0.2) is 0 Å². The van der Waals surface area contributed by atoms with Gasteiger partial charge < -0.3 is 10.2 Å². The van der Waals surface area contributed by atoms with Gasteiger partial charge >= 0.3 is 0 Å². The molecule has 0 aliphatic carbocycles. The number of nitrogens with one attached hydrogen (secondary N) is 1. The first kappa shape index (κ1) is 22.1. The molecule has 0 aromatic heterocycles. The van der Waals surface area contributed by atoms with Crippen molar-refractivity contribution in [2.75, 3.05) is 10.2 Å². The number of imide groups is 1. The van der Waals surface area contributed by atoms with Crippen LogP contribution >= 0.6 is 0 Å². The Bertz CT molecular complexity index is 1020. The maximum absolute atomic E-state index is 14.3. The molecule has 2 aromatic rings. The number of halogens is 1. The first-order chi connectivity index (χ1) is 14.7. The molecule has 4 amide bonds. The molecule has 1 saturated heterocycles. The highest BCUT2D eigenvalue weighted by Gasteiger charge is 2.46. The molecule has 0 spiro atoms. The summed E-state index contributed by atoms with van der Waals surface area (Å²) in [4.78, 5) is 52.6. The van der Waals surface area contributed by atoms with Gasteiger partial charge in [-0.1, -0.05) is 19.1 Å². The van der Waals surface area contributed by atoms with Crippen molar-refractivity contribution in [2.45, 2.75) is 45.7 Å². The van der Waals surface area contributed by atoms with Crippen molar-refractivity contribution in [3.8, 4) is 0 Å². The van der Waals surface area contributed by atoms with Gasteiger partial charge in [-0.05, 0) is 49.7 Å². The van der Waals surface area contributed by atoms with Crippen LogP contribution in [-0.4, -0.2) is 40.6 Å². The maximum atomic E-state index is 14.3. The SMILES string of the molecule is CCC(C)N(C(=O)c1ccccc1F)C1CC(=O)N(c2ccc(NC(C)=O)cc2)C1=O. The molecule has 3 rings (SSSR count). The Hall–Kier alpha value is -3.55. The average Bonchev–Trinajstić information content (AvgIpc) is 3.02. The third kappa shape index (κ3) is 4.47. The zero-order valence-corrected chi connectivity index (χ0v) is 17.6. The van der Waals surface area contributed by atoms with Gasteiger partial charge in [-0.15, -0.1) is 0 Å². The van der Waals surface area contributed by atoms with Gasteiger partial charge in [0, 0.05) is 18.7 Å². The Balaban J connectivity index is 1.91. The van der Waals surface area contributed by atoms with Gasteiger partial charge in [0.2, 0.25) is 11.8 Å². The number of hydrogen-bond acceptors (Lipinski definition) is 4. The predicted octanol–water partition coefficient (Wildman–Crippen LogP) is 3.36. The molecule has 0 bridgehead atoms. The lowest BCUT2D eigenvalue weighted by molar-refractivity contribution is -0.123. The summed E-state index contributed by atoms with van der Waals surface area (Å²) < 4.78 is 14.3. The Morgan fingerprint density at radius 2 is 1.81 bits per heavy atom. The Morgan fingerprint density at radius 3 is 2.39 bits per heavy atom. The minimum atomic E-state index is -1.02. The summed E-state index contributed by atoms with van der Waals surface area (Å²) in [7, 11) is 0. The van der Waals surface area contributed by atoms with Crippen LogP contribution in [0.1, 0.15) is 44.0 Å². The summed E-state index contributed by atoms with van der Waals surface area (Å²) in [5.74, 6) is -2.53. The molecule has 8 heteroatoms. The molecule has 2 atom stereocenters. The van der Waals surface area contributed by atoms with E-state index < -0.39 is 29.6 Å². The molecule has 1 fully saturated rings. The third-order valence-corrected chi connectivity index (χ3v) is 5.31. The van der Waals surface area contributed by atoms with Gasteiger partial charge in [-0.3, -0.25) is 19.2 Å². The summed E-state index contributed by atoms with van der Waals surface area (Å²) in [6, 6.07) is 10.5. The van der Waals surface area contributed by atoms with Crippen molar-refractivity contribution >= 4 is 35.0 Å². The molecule has 0 radical (unpaired) electrons. The Kier molecular flexibility index (Phi) is 6.48. The van der Waals surface area contributed by atoms with Crippen molar-refractivity contribution in [2.24, 2.45) is 0 Å². The lowest BCUT2D eigenvalue weighted by Gasteiger charge is -2.33. The number of rotatable bonds is 6. The second-order valence-electron chi connectivity index (χ2n) is 7.46. The van der Waals surface area contributed by atoms with E-state index in [1.54, 1.807) is 37.3 Å². The minimum Gasteiger partial charge on any atom is -0.326 e. The van der Waals surface area contributed by atoms with E-state index in [9.17, 15) is 23.6 Å². The van der Waals surface area contributed by atoms with Crippen LogP contribution in [0.3, 0.4) is 0 Å². The van der Waals surface area contributed by atoms with Gasteiger partial charge in [0.1, 0.15) is 11.9 Å². The van der Waals surface area contributed by atoms with E-state index in [2.05, 4.69) is 5.32 Å². The van der Waals surface area contributed by atoms with Gasteiger partial charge in [-0.2, -0.15) is 0 Å². The maximum Gasteiger partial charge on any atom is 0.257 e. The highest BCUT2D eigenvalue weighted by Crippen LogP contribution is 2.29. The fourth-order valence-electron chi connectivity index (χ4n) is 3.62. The van der Waals surface area contributed by atoms with Crippen molar-refractivity contribution in [3.05, 3.63) is 59.9 Å². The standard InChI is InChI=1S/C23H24FN3O4/c1-4-14(2)26(22(30)18-7-5-6-8-19(18)24)20-13-21(29)27(23(20)31)17-11-9-16(10-12-17)25-15(3)28/h5-12,14,20H,4,13H2,1-3H3,(H,25,28). The molecule has 1 aliphatic rings. The number of nitrogens with zero attached hydrogens (tertiary/aromatic N) is 2. The molecule has 1 aliphatic heterocycles. The first-order valence-corrected chi connectivity index (χ1v) is 10.1. The first-order valence-electron chi connectivity index (χ1n) is 10.1. The van der Waals surface area contributed by atoms with E-state index in [1.165, 1.54) is 30.0 Å². The highest BCUT2D eigenvalue weighted by atomic mass is 19.1. The van der Waals surface area contributed by atoms with Crippen LogP contribution in [0.15, 0.2) is 48.5 Å². The number of carbonyl (C=O) groups is 4. The van der Waals surface area contributed by atoms with Crippen molar-refractivity contribution in [1.82, 2.24) is 4.90 Å². The van der Waals surface area contributed by atoms with E-state index >= 15 is 0 Å². The molecule has 162 valence electrons. The van der Waals surface area contributed by atoms with E-state index in [0.717, 1.165) is 4.90 Å².